The average molecular weight is 258 g/mol. The van der Waals surface area contributed by atoms with E-state index in [0.29, 0.717) is 12.5 Å². The Hall–Kier alpha value is -1.14. The first-order valence-corrected chi connectivity index (χ1v) is 6.50. The molecule has 1 aliphatic heterocycles. The smallest absolute Gasteiger partial charge is 0.326 e. The first kappa shape index (κ1) is 14.9. The molecule has 1 fully saturated rings. The van der Waals surface area contributed by atoms with Gasteiger partial charge in [-0.3, -0.25) is 4.79 Å². The van der Waals surface area contributed by atoms with Crippen molar-refractivity contribution in [2.24, 2.45) is 0 Å². The third-order valence-electron chi connectivity index (χ3n) is 3.18. The second-order valence-corrected chi connectivity index (χ2v) is 4.66. The fourth-order valence-corrected chi connectivity index (χ4v) is 2.13. The molecular formula is C12H22N2O4. The van der Waals surface area contributed by atoms with Crippen molar-refractivity contribution in [3.05, 3.63) is 0 Å². The molecule has 18 heavy (non-hydrogen) atoms. The minimum absolute atomic E-state index is 0.0444. The van der Waals surface area contributed by atoms with Crippen LogP contribution in [0, 0.1) is 0 Å². The van der Waals surface area contributed by atoms with E-state index in [1.54, 1.807) is 0 Å². The first-order chi connectivity index (χ1) is 8.63. The molecule has 4 N–H and O–H groups in total. The Kier molecular flexibility index (Phi) is 6.67. The third-order valence-corrected chi connectivity index (χ3v) is 3.18. The highest BCUT2D eigenvalue weighted by Gasteiger charge is 2.20. The molecule has 2 atom stereocenters. The number of carbonyl (C=O) groups is 2. The Morgan fingerprint density at radius 2 is 2.17 bits per heavy atom. The van der Waals surface area contributed by atoms with Crippen LogP contribution in [-0.2, 0) is 9.59 Å². The van der Waals surface area contributed by atoms with Gasteiger partial charge in [0, 0.05) is 25.5 Å². The van der Waals surface area contributed by atoms with Gasteiger partial charge in [0.2, 0.25) is 5.91 Å². The van der Waals surface area contributed by atoms with Crippen molar-refractivity contribution in [3.8, 4) is 0 Å². The molecule has 0 aromatic heterocycles. The standard InChI is InChI=1S/C12H22N2O4/c15-8-6-10(12(17)18)14-11(16)5-4-9-3-1-2-7-13-9/h9-10,13,15H,1-8H2,(H,14,16)(H,17,18)/t9?,10-/m1/s1. The van der Waals surface area contributed by atoms with Crippen LogP contribution in [0.3, 0.4) is 0 Å². The second kappa shape index (κ2) is 8.05. The van der Waals surface area contributed by atoms with E-state index in [1.807, 2.05) is 0 Å². The molecule has 0 bridgehead atoms. The number of aliphatic carboxylic acids is 1. The molecule has 6 heteroatoms. The number of aliphatic hydroxyl groups excluding tert-OH is 1. The number of amides is 1. The number of nitrogens with one attached hydrogen (secondary N) is 2. The summed E-state index contributed by atoms with van der Waals surface area (Å²) in [5, 5.41) is 23.3. The van der Waals surface area contributed by atoms with Crippen molar-refractivity contribution in [1.82, 2.24) is 10.6 Å². The molecule has 0 saturated carbocycles. The minimum atomic E-state index is -1.10. The second-order valence-electron chi connectivity index (χ2n) is 4.66. The van der Waals surface area contributed by atoms with E-state index in [2.05, 4.69) is 10.6 Å². The largest absolute Gasteiger partial charge is 0.480 e. The lowest BCUT2D eigenvalue weighted by molar-refractivity contribution is -0.142. The molecule has 1 rings (SSSR count). The van der Waals surface area contributed by atoms with Crippen molar-refractivity contribution in [2.75, 3.05) is 13.2 Å². The monoisotopic (exact) mass is 258 g/mol. The van der Waals surface area contributed by atoms with Gasteiger partial charge >= 0.3 is 5.97 Å². The van der Waals surface area contributed by atoms with E-state index < -0.39 is 12.0 Å². The number of hydrogen-bond donors (Lipinski definition) is 4. The summed E-state index contributed by atoms with van der Waals surface area (Å²) < 4.78 is 0. The van der Waals surface area contributed by atoms with Crippen molar-refractivity contribution in [2.45, 2.75) is 50.6 Å². The number of carboxylic acid groups (broad SMARTS) is 1. The van der Waals surface area contributed by atoms with Crippen molar-refractivity contribution in [1.29, 1.82) is 0 Å². The zero-order chi connectivity index (χ0) is 13.4. The van der Waals surface area contributed by atoms with E-state index in [1.165, 1.54) is 12.8 Å². The number of piperidine rings is 1. The number of rotatable bonds is 7. The molecular weight excluding hydrogens is 236 g/mol. The molecule has 0 radical (unpaired) electrons. The maximum atomic E-state index is 11.6. The zero-order valence-electron chi connectivity index (χ0n) is 10.5. The van der Waals surface area contributed by atoms with Crippen LogP contribution in [0.2, 0.25) is 0 Å². The van der Waals surface area contributed by atoms with Crippen LogP contribution in [0.15, 0.2) is 0 Å². The zero-order valence-corrected chi connectivity index (χ0v) is 10.5. The molecule has 0 aliphatic carbocycles. The molecule has 1 heterocycles. The van der Waals surface area contributed by atoms with Gasteiger partial charge in [0.1, 0.15) is 6.04 Å². The van der Waals surface area contributed by atoms with Crippen LogP contribution in [0.1, 0.15) is 38.5 Å². The Morgan fingerprint density at radius 3 is 2.72 bits per heavy atom. The SMILES string of the molecule is O=C(CCC1CCCCN1)N[C@H](CCO)C(=O)O. The van der Waals surface area contributed by atoms with Crippen LogP contribution in [0.4, 0.5) is 0 Å². The molecule has 0 aromatic carbocycles. The van der Waals surface area contributed by atoms with Gasteiger partial charge in [0.25, 0.3) is 0 Å². The summed E-state index contributed by atoms with van der Waals surface area (Å²) in [6, 6.07) is -0.618. The fraction of sp³-hybridized carbons (Fsp3) is 0.833. The first-order valence-electron chi connectivity index (χ1n) is 6.50. The Labute approximate surface area is 107 Å². The van der Waals surface area contributed by atoms with Gasteiger partial charge in [-0.15, -0.1) is 0 Å². The molecule has 1 saturated heterocycles. The Balaban J connectivity index is 2.24. The number of carboxylic acids is 1. The minimum Gasteiger partial charge on any atom is -0.480 e. The predicted molar refractivity (Wildman–Crippen MR) is 66.1 cm³/mol. The van der Waals surface area contributed by atoms with E-state index >= 15 is 0 Å². The lowest BCUT2D eigenvalue weighted by atomic mass is 10.0. The van der Waals surface area contributed by atoms with Crippen LogP contribution < -0.4 is 10.6 Å². The van der Waals surface area contributed by atoms with Gasteiger partial charge in [-0.1, -0.05) is 6.42 Å². The van der Waals surface area contributed by atoms with Gasteiger partial charge in [-0.05, 0) is 25.8 Å². The van der Waals surface area contributed by atoms with Crippen molar-refractivity contribution >= 4 is 11.9 Å². The summed E-state index contributed by atoms with van der Waals surface area (Å²) in [5.74, 6) is -1.36. The topological polar surface area (TPSA) is 98.7 Å². The molecule has 6 nitrogen and oxygen atoms in total. The molecule has 104 valence electrons. The van der Waals surface area contributed by atoms with E-state index in [-0.39, 0.29) is 18.9 Å². The van der Waals surface area contributed by atoms with Gasteiger partial charge in [-0.25, -0.2) is 4.79 Å². The summed E-state index contributed by atoms with van der Waals surface area (Å²) >= 11 is 0. The van der Waals surface area contributed by atoms with Crippen LogP contribution in [-0.4, -0.2) is 47.3 Å². The normalized spacial score (nSPS) is 21.3. The van der Waals surface area contributed by atoms with Crippen LogP contribution in [0.25, 0.3) is 0 Å². The van der Waals surface area contributed by atoms with Gasteiger partial charge < -0.3 is 20.8 Å². The number of hydrogen-bond acceptors (Lipinski definition) is 4. The third kappa shape index (κ3) is 5.46. The highest BCUT2D eigenvalue weighted by molar-refractivity contribution is 5.83. The lowest BCUT2D eigenvalue weighted by Gasteiger charge is -2.23. The summed E-state index contributed by atoms with van der Waals surface area (Å²) in [5.41, 5.74) is 0. The maximum Gasteiger partial charge on any atom is 0.326 e. The Morgan fingerprint density at radius 1 is 1.39 bits per heavy atom. The summed E-state index contributed by atoms with van der Waals surface area (Å²) in [6.45, 7) is 0.746. The van der Waals surface area contributed by atoms with E-state index in [9.17, 15) is 9.59 Å². The van der Waals surface area contributed by atoms with Gasteiger partial charge in [-0.2, -0.15) is 0 Å². The van der Waals surface area contributed by atoms with Crippen molar-refractivity contribution in [3.63, 3.8) is 0 Å². The number of carbonyl (C=O) groups excluding carboxylic acids is 1. The molecule has 1 aliphatic rings. The fourth-order valence-electron chi connectivity index (χ4n) is 2.13. The van der Waals surface area contributed by atoms with E-state index in [0.717, 1.165) is 19.4 Å². The summed E-state index contributed by atoms with van der Waals surface area (Å²) in [7, 11) is 0. The van der Waals surface area contributed by atoms with Crippen LogP contribution in [0.5, 0.6) is 0 Å². The Bertz CT molecular complexity index is 277. The highest BCUT2D eigenvalue weighted by Crippen LogP contribution is 2.11. The van der Waals surface area contributed by atoms with Crippen LogP contribution >= 0.6 is 0 Å². The van der Waals surface area contributed by atoms with Gasteiger partial charge in [0.15, 0.2) is 0 Å². The highest BCUT2D eigenvalue weighted by atomic mass is 16.4. The van der Waals surface area contributed by atoms with Crippen molar-refractivity contribution < 1.29 is 19.8 Å². The summed E-state index contributed by atoms with van der Waals surface area (Å²) in [6.07, 6.45) is 4.54. The number of aliphatic hydroxyl groups is 1. The molecule has 1 amide bonds. The maximum absolute atomic E-state index is 11.6. The average Bonchev–Trinajstić information content (AvgIpc) is 2.37. The quantitative estimate of drug-likeness (QED) is 0.509. The molecule has 1 unspecified atom stereocenters. The molecule has 0 spiro atoms. The van der Waals surface area contributed by atoms with E-state index in [4.69, 9.17) is 10.2 Å². The van der Waals surface area contributed by atoms with Gasteiger partial charge in [0.05, 0.1) is 0 Å². The molecule has 0 aromatic rings. The lowest BCUT2D eigenvalue weighted by Crippen LogP contribution is -2.42. The summed E-state index contributed by atoms with van der Waals surface area (Å²) in [4.78, 5) is 22.4. The predicted octanol–water partition coefficient (Wildman–Crippen LogP) is -0.139.